The van der Waals surface area contributed by atoms with Crippen molar-refractivity contribution in [2.75, 3.05) is 0 Å². The van der Waals surface area contributed by atoms with Crippen LogP contribution in [0.15, 0.2) is 24.3 Å². The summed E-state index contributed by atoms with van der Waals surface area (Å²) in [5.41, 5.74) is -0.724. The number of benzene rings is 1. The third-order valence-electron chi connectivity index (χ3n) is 1.39. The molecule has 0 atom stereocenters. The fourth-order valence-corrected chi connectivity index (χ4v) is 0.832. The molecule has 0 spiro atoms. The standard InChI is InChI=1S/C8H4F3NO.ClH/c9-8(10,11)6-2-1-3-7(4-6)12-5-13;/h1-4H;1H. The van der Waals surface area contributed by atoms with E-state index in [0.717, 1.165) is 12.1 Å². The van der Waals surface area contributed by atoms with Crippen LogP contribution in [0.5, 0.6) is 0 Å². The van der Waals surface area contributed by atoms with Crippen molar-refractivity contribution >= 4 is 11.8 Å². The number of nitrogens with one attached hydrogen (secondary N) is 1. The summed E-state index contributed by atoms with van der Waals surface area (Å²) >= 11 is 0. The lowest BCUT2D eigenvalue weighted by atomic mass is 10.2. The van der Waals surface area contributed by atoms with Gasteiger partial charge in [-0.2, -0.15) is 18.0 Å². The Morgan fingerprint density at radius 2 is 1.93 bits per heavy atom. The van der Waals surface area contributed by atoms with Gasteiger partial charge in [-0.3, -0.25) is 0 Å². The van der Waals surface area contributed by atoms with E-state index in [9.17, 15) is 18.0 Å². The molecule has 6 heteroatoms. The molecule has 0 saturated heterocycles. The second kappa shape index (κ2) is 4.79. The molecule has 0 aliphatic heterocycles. The molecule has 1 N–H and O–H groups in total. The molecule has 1 aromatic rings. The monoisotopic (exact) mass is 223 g/mol. The fourth-order valence-electron chi connectivity index (χ4n) is 0.832. The van der Waals surface area contributed by atoms with E-state index in [4.69, 9.17) is 0 Å². The molecule has 0 aliphatic rings. The smallest absolute Gasteiger partial charge is 0.428 e. The van der Waals surface area contributed by atoms with Crippen LogP contribution in [0.2, 0.25) is 0 Å². The zero-order valence-electron chi connectivity index (χ0n) is 6.73. The van der Waals surface area contributed by atoms with Crippen molar-refractivity contribution in [1.29, 1.82) is 0 Å². The molecule has 2 nitrogen and oxygen atoms in total. The number of hydrogen-bond donors (Lipinski definition) is 1. The Hall–Kier alpha value is -1.32. The molecule has 0 heterocycles. The predicted octanol–water partition coefficient (Wildman–Crippen LogP) is -2.24. The molecule has 0 amide bonds. The molecule has 0 bridgehead atoms. The second-order valence-electron chi connectivity index (χ2n) is 2.31. The molecule has 1 rings (SSSR count). The number of hydrogen-bond acceptors (Lipinski definition) is 1. The van der Waals surface area contributed by atoms with Gasteiger partial charge in [0.2, 0.25) is 5.69 Å². The Morgan fingerprint density at radius 3 is 2.43 bits per heavy atom. The van der Waals surface area contributed by atoms with Crippen LogP contribution >= 0.6 is 0 Å². The van der Waals surface area contributed by atoms with Gasteiger partial charge in [0.15, 0.2) is 0 Å². The highest BCUT2D eigenvalue weighted by Crippen LogP contribution is 2.29. The van der Waals surface area contributed by atoms with Gasteiger partial charge in [0.05, 0.1) is 5.56 Å². The number of halogens is 4. The van der Waals surface area contributed by atoms with Crippen molar-refractivity contribution in [3.05, 3.63) is 29.8 Å². The summed E-state index contributed by atoms with van der Waals surface area (Å²) in [6.07, 6.45) is -3.09. The minimum absolute atomic E-state index is 0. The molecule has 76 valence electrons. The average Bonchev–Trinajstić information content (AvgIpc) is 2.04. The van der Waals surface area contributed by atoms with E-state index in [0.29, 0.717) is 0 Å². The number of rotatable bonds is 1. The fraction of sp³-hybridized carbons (Fsp3) is 0.125. The molecule has 0 unspecified atom stereocenters. The van der Waals surface area contributed by atoms with Gasteiger partial charge in [-0.1, -0.05) is 6.07 Å². The van der Waals surface area contributed by atoms with Crippen LogP contribution in [0, 0.1) is 0 Å². The number of isocyanates is 1. The van der Waals surface area contributed by atoms with Crippen molar-refractivity contribution in [2.45, 2.75) is 6.18 Å². The largest absolute Gasteiger partial charge is 1.00 e. The summed E-state index contributed by atoms with van der Waals surface area (Å²) in [4.78, 5) is 11.8. The van der Waals surface area contributed by atoms with Gasteiger partial charge >= 0.3 is 12.3 Å². The van der Waals surface area contributed by atoms with E-state index < -0.39 is 11.7 Å². The highest BCUT2D eigenvalue weighted by Gasteiger charge is 2.30. The van der Waals surface area contributed by atoms with Crippen molar-refractivity contribution in [2.24, 2.45) is 0 Å². The summed E-state index contributed by atoms with van der Waals surface area (Å²) in [5, 5.41) is 0. The molecular formula is C8H5ClF3NO. The van der Waals surface area contributed by atoms with E-state index in [-0.39, 0.29) is 18.1 Å². The van der Waals surface area contributed by atoms with E-state index in [1.54, 1.807) is 0 Å². The van der Waals surface area contributed by atoms with Gasteiger partial charge in [0.25, 0.3) is 0 Å². The quantitative estimate of drug-likeness (QED) is 0.424. The summed E-state index contributed by atoms with van der Waals surface area (Å²) < 4.78 is 36.2. The summed E-state index contributed by atoms with van der Waals surface area (Å²) in [7, 11) is 0. The Balaban J connectivity index is 0.00000169. The lowest BCUT2D eigenvalue weighted by molar-refractivity contribution is -0.350. The second-order valence-corrected chi connectivity index (χ2v) is 2.31. The van der Waals surface area contributed by atoms with Crippen molar-refractivity contribution in [3.8, 4) is 0 Å². The van der Waals surface area contributed by atoms with Crippen LogP contribution < -0.4 is 17.4 Å². The van der Waals surface area contributed by atoms with Gasteiger partial charge in [0.1, 0.15) is 0 Å². The van der Waals surface area contributed by atoms with E-state index >= 15 is 0 Å². The van der Waals surface area contributed by atoms with Gasteiger partial charge in [0, 0.05) is 12.1 Å². The average molecular weight is 224 g/mol. The third-order valence-corrected chi connectivity index (χ3v) is 1.39. The van der Waals surface area contributed by atoms with Crippen LogP contribution in [-0.2, 0) is 11.0 Å². The third kappa shape index (κ3) is 3.20. The highest BCUT2D eigenvalue weighted by atomic mass is 35.5. The van der Waals surface area contributed by atoms with Crippen LogP contribution in [0.1, 0.15) is 5.56 Å². The molecule has 0 fully saturated rings. The molecule has 0 aromatic heterocycles. The maximum absolute atomic E-state index is 12.1. The maximum atomic E-state index is 12.1. The first-order valence-electron chi connectivity index (χ1n) is 3.34. The first-order valence-corrected chi connectivity index (χ1v) is 3.34. The van der Waals surface area contributed by atoms with E-state index in [2.05, 4.69) is 0 Å². The number of alkyl halides is 3. The normalized spacial score (nSPS) is 9.93. The van der Waals surface area contributed by atoms with E-state index in [1.807, 2.05) is 4.99 Å². The Bertz CT molecular complexity index is 358. The molecule has 1 aromatic carbocycles. The molecule has 0 saturated carbocycles. The van der Waals surface area contributed by atoms with E-state index in [1.165, 1.54) is 18.2 Å². The summed E-state index contributed by atoms with van der Waals surface area (Å²) in [6.45, 7) is 0. The van der Waals surface area contributed by atoms with Crippen molar-refractivity contribution in [1.82, 2.24) is 0 Å². The maximum Gasteiger partial charge on any atom is 0.428 e. The summed E-state index contributed by atoms with van der Waals surface area (Å²) in [5.74, 6) is 0. The zero-order chi connectivity index (χ0) is 9.90. The molecule has 0 aliphatic carbocycles. The minimum atomic E-state index is -4.39. The number of carbonyl (C=O) groups excluding carboxylic acids is 1. The van der Waals surface area contributed by atoms with Crippen LogP contribution in [0.4, 0.5) is 18.9 Å². The zero-order valence-corrected chi connectivity index (χ0v) is 7.49. The van der Waals surface area contributed by atoms with Gasteiger partial charge in [-0.05, 0) is 6.07 Å². The predicted molar refractivity (Wildman–Crippen MR) is 37.8 cm³/mol. The SMILES string of the molecule is O=C=[NH+]c1cccc(C(F)(F)F)c1.[Cl-]. The van der Waals surface area contributed by atoms with Crippen LogP contribution in [0.25, 0.3) is 0 Å². The molecular weight excluding hydrogens is 219 g/mol. The highest BCUT2D eigenvalue weighted by molar-refractivity contribution is 5.37. The lowest BCUT2D eigenvalue weighted by Crippen LogP contribution is -3.00. The summed E-state index contributed by atoms with van der Waals surface area (Å²) in [6, 6.07) is 4.32. The van der Waals surface area contributed by atoms with Crippen molar-refractivity contribution in [3.63, 3.8) is 0 Å². The van der Waals surface area contributed by atoms with Crippen LogP contribution in [-0.4, -0.2) is 6.08 Å². The van der Waals surface area contributed by atoms with Gasteiger partial charge in [-0.25, -0.2) is 0 Å². The Kier molecular flexibility index (Phi) is 4.34. The Morgan fingerprint density at radius 1 is 1.29 bits per heavy atom. The van der Waals surface area contributed by atoms with Crippen molar-refractivity contribution < 1.29 is 35.4 Å². The lowest BCUT2D eigenvalue weighted by Gasteiger charge is -2.04. The van der Waals surface area contributed by atoms with Gasteiger partial charge < -0.3 is 12.4 Å². The Labute approximate surface area is 83.9 Å². The first kappa shape index (κ1) is 12.7. The molecule has 14 heavy (non-hydrogen) atoms. The minimum Gasteiger partial charge on any atom is -1.00 e. The van der Waals surface area contributed by atoms with Gasteiger partial charge in [-0.15, -0.1) is 4.99 Å². The topological polar surface area (TPSA) is 31.0 Å². The first-order chi connectivity index (χ1) is 6.04. The van der Waals surface area contributed by atoms with Crippen LogP contribution in [0.3, 0.4) is 0 Å². The molecule has 0 radical (unpaired) electrons.